The first-order chi connectivity index (χ1) is 10.6. The van der Waals surface area contributed by atoms with Crippen molar-refractivity contribution in [2.45, 2.75) is 0 Å². The number of rotatable bonds is 5. The van der Waals surface area contributed by atoms with Gasteiger partial charge >= 0.3 is 0 Å². The fourth-order valence-corrected chi connectivity index (χ4v) is 2.29. The largest absolute Gasteiger partial charge is 0.368 e. The lowest BCUT2D eigenvalue weighted by Crippen LogP contribution is -2.21. The van der Waals surface area contributed by atoms with Gasteiger partial charge in [0.1, 0.15) is 12.1 Å². The fraction of sp³-hybridized carbons (Fsp3) is 0.267. The Labute approximate surface area is 133 Å². The Hall–Kier alpha value is -2.18. The highest BCUT2D eigenvalue weighted by atomic mass is 35.5. The Balaban J connectivity index is 2.03. The molecule has 0 aliphatic heterocycles. The van der Waals surface area contributed by atoms with Gasteiger partial charge in [-0.1, -0.05) is 11.6 Å². The molecule has 22 heavy (non-hydrogen) atoms. The summed E-state index contributed by atoms with van der Waals surface area (Å²) in [7, 11) is 4.07. The molecule has 1 N–H and O–H groups in total. The van der Waals surface area contributed by atoms with Gasteiger partial charge in [0.15, 0.2) is 0 Å². The third-order valence-electron chi connectivity index (χ3n) is 3.23. The van der Waals surface area contributed by atoms with Crippen molar-refractivity contribution in [3.8, 4) is 5.95 Å². The molecule has 7 heteroatoms. The standard InChI is InChI=1S/C15H17ClN6/c1-21(2)7-6-18-14-12-9-11(16)3-4-13(12)19-15(20-14)22-8-5-17-10-22/h3-5,8-10H,6-7H2,1-2H3,(H,18,19,20). The molecule has 0 fully saturated rings. The van der Waals surface area contributed by atoms with Crippen molar-refractivity contribution < 1.29 is 0 Å². The van der Waals surface area contributed by atoms with Gasteiger partial charge in [-0.05, 0) is 32.3 Å². The summed E-state index contributed by atoms with van der Waals surface area (Å²) in [6.45, 7) is 1.70. The smallest absolute Gasteiger partial charge is 0.237 e. The Morgan fingerprint density at radius 1 is 1.27 bits per heavy atom. The summed E-state index contributed by atoms with van der Waals surface area (Å²) in [5.41, 5.74) is 0.843. The summed E-state index contributed by atoms with van der Waals surface area (Å²) >= 11 is 6.11. The lowest BCUT2D eigenvalue weighted by molar-refractivity contribution is 0.425. The van der Waals surface area contributed by atoms with Crippen LogP contribution < -0.4 is 5.32 Å². The molecule has 2 aromatic heterocycles. The highest BCUT2D eigenvalue weighted by Gasteiger charge is 2.09. The van der Waals surface area contributed by atoms with Gasteiger partial charge in [-0.25, -0.2) is 9.97 Å². The van der Waals surface area contributed by atoms with Crippen LogP contribution in [0, 0.1) is 0 Å². The van der Waals surface area contributed by atoms with E-state index in [1.54, 1.807) is 17.1 Å². The van der Waals surface area contributed by atoms with Crippen molar-refractivity contribution in [3.63, 3.8) is 0 Å². The molecule has 0 bridgehead atoms. The molecule has 0 saturated heterocycles. The molecule has 3 aromatic rings. The molecule has 0 saturated carbocycles. The Morgan fingerprint density at radius 3 is 2.86 bits per heavy atom. The zero-order chi connectivity index (χ0) is 15.5. The highest BCUT2D eigenvalue weighted by molar-refractivity contribution is 6.31. The van der Waals surface area contributed by atoms with Gasteiger partial charge in [-0.2, -0.15) is 4.98 Å². The van der Waals surface area contributed by atoms with Crippen LogP contribution in [0.15, 0.2) is 36.9 Å². The molecule has 0 atom stereocenters. The number of fused-ring (bicyclic) bond motifs is 1. The number of nitrogens with one attached hydrogen (secondary N) is 1. The number of halogens is 1. The Bertz CT molecular complexity index is 769. The molecule has 0 radical (unpaired) electrons. The summed E-state index contributed by atoms with van der Waals surface area (Å²) in [6, 6.07) is 5.61. The number of imidazole rings is 1. The van der Waals surface area contributed by atoms with Gasteiger partial charge in [-0.15, -0.1) is 0 Å². The minimum Gasteiger partial charge on any atom is -0.368 e. The van der Waals surface area contributed by atoms with Gasteiger partial charge < -0.3 is 10.2 Å². The molecule has 6 nitrogen and oxygen atoms in total. The summed E-state index contributed by atoms with van der Waals surface area (Å²) < 4.78 is 1.78. The average Bonchev–Trinajstić information content (AvgIpc) is 3.01. The van der Waals surface area contributed by atoms with E-state index >= 15 is 0 Å². The average molecular weight is 317 g/mol. The first kappa shape index (κ1) is 14.7. The molecule has 0 unspecified atom stereocenters. The molecule has 0 amide bonds. The van der Waals surface area contributed by atoms with Crippen LogP contribution in [0.1, 0.15) is 0 Å². The minimum atomic E-state index is 0.583. The second-order valence-electron chi connectivity index (χ2n) is 5.23. The van der Waals surface area contributed by atoms with Crippen LogP contribution in [0.4, 0.5) is 5.82 Å². The summed E-state index contributed by atoms with van der Waals surface area (Å²) in [5.74, 6) is 1.36. The summed E-state index contributed by atoms with van der Waals surface area (Å²) in [4.78, 5) is 15.3. The van der Waals surface area contributed by atoms with Gasteiger partial charge in [-0.3, -0.25) is 4.57 Å². The molecule has 0 spiro atoms. The zero-order valence-electron chi connectivity index (χ0n) is 12.5. The van der Waals surface area contributed by atoms with E-state index in [4.69, 9.17) is 11.6 Å². The number of likely N-dealkylation sites (N-methyl/N-ethyl adjacent to an activating group) is 1. The van der Waals surface area contributed by atoms with Gasteiger partial charge in [0.05, 0.1) is 5.52 Å². The van der Waals surface area contributed by atoms with E-state index in [0.717, 1.165) is 29.8 Å². The van der Waals surface area contributed by atoms with Crippen molar-refractivity contribution in [1.29, 1.82) is 0 Å². The molecule has 3 rings (SSSR count). The molecular formula is C15H17ClN6. The quantitative estimate of drug-likeness (QED) is 0.783. The van der Waals surface area contributed by atoms with E-state index in [9.17, 15) is 0 Å². The van der Waals surface area contributed by atoms with Gasteiger partial charge in [0, 0.05) is 35.9 Å². The monoisotopic (exact) mass is 316 g/mol. The van der Waals surface area contributed by atoms with Crippen molar-refractivity contribution in [2.24, 2.45) is 0 Å². The molecule has 114 valence electrons. The lowest BCUT2D eigenvalue weighted by atomic mass is 10.2. The van der Waals surface area contributed by atoms with Crippen LogP contribution in [0.2, 0.25) is 5.02 Å². The van der Waals surface area contributed by atoms with E-state index in [-0.39, 0.29) is 0 Å². The van der Waals surface area contributed by atoms with E-state index in [1.165, 1.54) is 0 Å². The van der Waals surface area contributed by atoms with Crippen LogP contribution >= 0.6 is 11.6 Å². The number of anilines is 1. The third kappa shape index (κ3) is 3.18. The Kier molecular flexibility index (Phi) is 4.22. The Morgan fingerprint density at radius 2 is 2.14 bits per heavy atom. The number of nitrogens with zero attached hydrogens (tertiary/aromatic N) is 5. The van der Waals surface area contributed by atoms with E-state index in [2.05, 4.69) is 25.2 Å². The first-order valence-corrected chi connectivity index (χ1v) is 7.35. The van der Waals surface area contributed by atoms with Crippen LogP contribution in [-0.4, -0.2) is 51.6 Å². The van der Waals surface area contributed by atoms with Gasteiger partial charge in [0.2, 0.25) is 5.95 Å². The molecule has 0 aliphatic carbocycles. The normalized spacial score (nSPS) is 11.3. The summed E-state index contributed by atoms with van der Waals surface area (Å²) in [6.07, 6.45) is 5.20. The van der Waals surface area contributed by atoms with Crippen LogP contribution in [0.3, 0.4) is 0 Å². The maximum atomic E-state index is 6.11. The van der Waals surface area contributed by atoms with E-state index < -0.39 is 0 Å². The maximum absolute atomic E-state index is 6.11. The van der Waals surface area contributed by atoms with Crippen molar-refractivity contribution in [2.75, 3.05) is 32.5 Å². The van der Waals surface area contributed by atoms with Gasteiger partial charge in [0.25, 0.3) is 0 Å². The fourth-order valence-electron chi connectivity index (χ4n) is 2.11. The van der Waals surface area contributed by atoms with Crippen LogP contribution in [-0.2, 0) is 0 Å². The zero-order valence-corrected chi connectivity index (χ0v) is 13.2. The summed E-state index contributed by atoms with van der Waals surface area (Å²) in [5, 5.41) is 4.94. The lowest BCUT2D eigenvalue weighted by Gasteiger charge is -2.13. The SMILES string of the molecule is CN(C)CCNc1nc(-n2ccnc2)nc2ccc(Cl)cc12. The third-order valence-corrected chi connectivity index (χ3v) is 3.47. The molecule has 2 heterocycles. The van der Waals surface area contributed by atoms with Crippen LogP contribution in [0.25, 0.3) is 16.9 Å². The minimum absolute atomic E-state index is 0.583. The highest BCUT2D eigenvalue weighted by Crippen LogP contribution is 2.24. The number of hydrogen-bond acceptors (Lipinski definition) is 5. The maximum Gasteiger partial charge on any atom is 0.237 e. The first-order valence-electron chi connectivity index (χ1n) is 6.98. The molecule has 1 aromatic carbocycles. The van der Waals surface area contributed by atoms with Crippen molar-refractivity contribution in [1.82, 2.24) is 24.4 Å². The second-order valence-corrected chi connectivity index (χ2v) is 5.67. The number of benzene rings is 1. The molecule has 0 aliphatic rings. The predicted octanol–water partition coefficient (Wildman–Crippen LogP) is 2.44. The molecular weight excluding hydrogens is 300 g/mol. The predicted molar refractivity (Wildman–Crippen MR) is 88.7 cm³/mol. The number of aromatic nitrogens is 4. The van der Waals surface area contributed by atoms with E-state index in [0.29, 0.717) is 11.0 Å². The van der Waals surface area contributed by atoms with Crippen LogP contribution in [0.5, 0.6) is 0 Å². The van der Waals surface area contributed by atoms with Crippen molar-refractivity contribution >= 4 is 28.3 Å². The topological polar surface area (TPSA) is 58.9 Å². The second kappa shape index (κ2) is 6.29. The number of hydrogen-bond donors (Lipinski definition) is 1. The van der Waals surface area contributed by atoms with Crippen molar-refractivity contribution in [3.05, 3.63) is 41.9 Å². The van der Waals surface area contributed by atoms with E-state index in [1.807, 2.05) is 38.5 Å².